The fraction of sp³-hybridized carbons (Fsp3) is 0. The maximum absolute atomic E-state index is 4.20. The van der Waals surface area contributed by atoms with Crippen molar-refractivity contribution in [3.63, 3.8) is 0 Å². The molecule has 0 saturated carbocycles. The molecule has 4 rings (SSSR count). The number of thiophene rings is 1. The molecule has 0 unspecified atom stereocenters. The number of nitrogens with zero attached hydrogens (tertiary/aromatic N) is 2. The van der Waals surface area contributed by atoms with Crippen LogP contribution in [0.2, 0.25) is 0 Å². The molecule has 3 heterocycles. The fourth-order valence-corrected chi connectivity index (χ4v) is 3.12. The second-order valence-electron chi connectivity index (χ2n) is 4.68. The predicted octanol–water partition coefficient (Wildman–Crippen LogP) is 4.75. The SMILES string of the molecule is c1cncc(-n2ccc3ccc(-c4ccsc4)cc32)c1. The Balaban J connectivity index is 1.93. The van der Waals surface area contributed by atoms with Crippen LogP contribution >= 0.6 is 11.3 Å². The van der Waals surface area contributed by atoms with Gasteiger partial charge in [0.25, 0.3) is 0 Å². The van der Waals surface area contributed by atoms with Crippen molar-refractivity contribution in [2.45, 2.75) is 0 Å². The molecule has 0 aliphatic heterocycles. The third kappa shape index (κ3) is 1.84. The molecular formula is C17H12N2S. The Kier molecular flexibility index (Phi) is 2.64. The minimum atomic E-state index is 1.09. The van der Waals surface area contributed by atoms with E-state index in [1.807, 2.05) is 12.3 Å². The van der Waals surface area contributed by atoms with Crippen LogP contribution in [0, 0.1) is 0 Å². The van der Waals surface area contributed by atoms with Gasteiger partial charge in [0.15, 0.2) is 0 Å². The Bertz CT molecular complexity index is 845. The topological polar surface area (TPSA) is 17.8 Å². The number of hydrogen-bond acceptors (Lipinski definition) is 2. The molecule has 3 heteroatoms. The number of pyridine rings is 1. The summed E-state index contributed by atoms with van der Waals surface area (Å²) < 4.78 is 2.18. The summed E-state index contributed by atoms with van der Waals surface area (Å²) in [7, 11) is 0. The molecule has 1 aromatic carbocycles. The van der Waals surface area contributed by atoms with Crippen molar-refractivity contribution < 1.29 is 0 Å². The minimum absolute atomic E-state index is 1.09. The molecule has 3 aromatic heterocycles. The monoisotopic (exact) mass is 276 g/mol. The van der Waals surface area contributed by atoms with E-state index in [-0.39, 0.29) is 0 Å². The van der Waals surface area contributed by atoms with Crippen molar-refractivity contribution in [1.82, 2.24) is 9.55 Å². The largest absolute Gasteiger partial charge is 0.315 e. The van der Waals surface area contributed by atoms with Crippen LogP contribution in [0.4, 0.5) is 0 Å². The molecule has 0 atom stereocenters. The van der Waals surface area contributed by atoms with E-state index in [1.54, 1.807) is 17.5 Å². The van der Waals surface area contributed by atoms with Gasteiger partial charge in [-0.2, -0.15) is 11.3 Å². The maximum Gasteiger partial charge on any atom is 0.0639 e. The molecule has 2 nitrogen and oxygen atoms in total. The van der Waals surface area contributed by atoms with Gasteiger partial charge < -0.3 is 4.57 Å². The molecule has 0 fully saturated rings. The molecule has 0 spiro atoms. The van der Waals surface area contributed by atoms with E-state index in [9.17, 15) is 0 Å². The number of benzene rings is 1. The lowest BCUT2D eigenvalue weighted by molar-refractivity contribution is 1.10. The zero-order valence-corrected chi connectivity index (χ0v) is 11.5. The Labute approximate surface area is 121 Å². The highest BCUT2D eigenvalue weighted by Crippen LogP contribution is 2.28. The van der Waals surface area contributed by atoms with Crippen LogP contribution in [0.25, 0.3) is 27.7 Å². The Morgan fingerprint density at radius 2 is 2.00 bits per heavy atom. The third-order valence-corrected chi connectivity index (χ3v) is 4.15. The third-order valence-electron chi connectivity index (χ3n) is 3.47. The molecule has 0 aliphatic carbocycles. The lowest BCUT2D eigenvalue weighted by Gasteiger charge is -2.06. The molecule has 96 valence electrons. The zero-order chi connectivity index (χ0) is 13.4. The normalized spacial score (nSPS) is 11.0. The molecule has 0 saturated heterocycles. The number of aromatic nitrogens is 2. The van der Waals surface area contributed by atoms with Crippen molar-refractivity contribution in [2.24, 2.45) is 0 Å². The average Bonchev–Trinajstić information content (AvgIpc) is 3.17. The van der Waals surface area contributed by atoms with E-state index in [0.29, 0.717) is 0 Å². The highest BCUT2D eigenvalue weighted by molar-refractivity contribution is 7.08. The molecule has 0 radical (unpaired) electrons. The van der Waals surface area contributed by atoms with Crippen molar-refractivity contribution in [3.8, 4) is 16.8 Å². The zero-order valence-electron chi connectivity index (χ0n) is 10.7. The predicted molar refractivity (Wildman–Crippen MR) is 84.4 cm³/mol. The summed E-state index contributed by atoms with van der Waals surface area (Å²) in [6.45, 7) is 0. The van der Waals surface area contributed by atoms with E-state index < -0.39 is 0 Å². The van der Waals surface area contributed by atoms with Crippen LogP contribution in [0.15, 0.2) is 71.8 Å². The molecule has 0 bridgehead atoms. The fourth-order valence-electron chi connectivity index (χ4n) is 2.46. The van der Waals surface area contributed by atoms with Gasteiger partial charge in [-0.3, -0.25) is 4.98 Å². The number of hydrogen-bond donors (Lipinski definition) is 0. The van der Waals surface area contributed by atoms with Gasteiger partial charge in [0, 0.05) is 12.4 Å². The Morgan fingerprint density at radius 3 is 2.80 bits per heavy atom. The van der Waals surface area contributed by atoms with Gasteiger partial charge in [-0.1, -0.05) is 12.1 Å². The first-order valence-corrected chi connectivity index (χ1v) is 7.40. The van der Waals surface area contributed by atoms with E-state index in [0.717, 1.165) is 5.69 Å². The Hall–Kier alpha value is -2.39. The van der Waals surface area contributed by atoms with E-state index in [2.05, 4.69) is 62.9 Å². The van der Waals surface area contributed by atoms with Gasteiger partial charge in [0.1, 0.15) is 0 Å². The quantitative estimate of drug-likeness (QED) is 0.516. The smallest absolute Gasteiger partial charge is 0.0639 e. The first kappa shape index (κ1) is 11.4. The first-order chi connectivity index (χ1) is 9.92. The van der Waals surface area contributed by atoms with Crippen LogP contribution in [-0.2, 0) is 0 Å². The molecule has 0 amide bonds. The molecule has 4 aromatic rings. The van der Waals surface area contributed by atoms with Gasteiger partial charge in [0.05, 0.1) is 17.4 Å². The second-order valence-corrected chi connectivity index (χ2v) is 5.46. The van der Waals surface area contributed by atoms with Gasteiger partial charge in [0.2, 0.25) is 0 Å². The summed E-state index contributed by atoms with van der Waals surface area (Å²) in [6, 6.07) is 14.9. The molecular weight excluding hydrogens is 264 g/mol. The van der Waals surface area contributed by atoms with Crippen LogP contribution in [0.1, 0.15) is 0 Å². The van der Waals surface area contributed by atoms with Gasteiger partial charge in [-0.05, 0) is 57.6 Å². The number of rotatable bonds is 2. The van der Waals surface area contributed by atoms with Crippen LogP contribution in [0.5, 0.6) is 0 Å². The lowest BCUT2D eigenvalue weighted by Crippen LogP contribution is -1.92. The van der Waals surface area contributed by atoms with E-state index in [1.165, 1.54) is 22.0 Å². The van der Waals surface area contributed by atoms with E-state index >= 15 is 0 Å². The summed E-state index contributed by atoms with van der Waals surface area (Å²) in [5.41, 5.74) is 4.82. The summed E-state index contributed by atoms with van der Waals surface area (Å²) in [5.74, 6) is 0. The highest BCUT2D eigenvalue weighted by atomic mass is 32.1. The first-order valence-electron chi connectivity index (χ1n) is 6.46. The van der Waals surface area contributed by atoms with Crippen LogP contribution in [-0.4, -0.2) is 9.55 Å². The van der Waals surface area contributed by atoms with Crippen molar-refractivity contribution in [1.29, 1.82) is 0 Å². The average molecular weight is 276 g/mol. The summed E-state index contributed by atoms with van der Waals surface area (Å²) in [6.07, 6.45) is 5.78. The van der Waals surface area contributed by atoms with E-state index in [4.69, 9.17) is 0 Å². The molecule has 0 aliphatic rings. The van der Waals surface area contributed by atoms with Crippen molar-refractivity contribution in [3.05, 3.63) is 71.8 Å². The second kappa shape index (κ2) is 4.62. The summed E-state index contributed by atoms with van der Waals surface area (Å²) >= 11 is 1.73. The van der Waals surface area contributed by atoms with Gasteiger partial charge in [-0.25, -0.2) is 0 Å². The standard InChI is InChI=1S/C17H12N2S/c1-2-16(11-18-7-1)19-8-5-13-3-4-14(10-17(13)19)15-6-9-20-12-15/h1-12H. The summed E-state index contributed by atoms with van der Waals surface area (Å²) in [5, 5.41) is 5.53. The van der Waals surface area contributed by atoms with Gasteiger partial charge >= 0.3 is 0 Å². The van der Waals surface area contributed by atoms with Crippen LogP contribution < -0.4 is 0 Å². The molecule has 20 heavy (non-hydrogen) atoms. The Morgan fingerprint density at radius 1 is 1.00 bits per heavy atom. The lowest BCUT2D eigenvalue weighted by atomic mass is 10.1. The highest BCUT2D eigenvalue weighted by Gasteiger charge is 2.05. The van der Waals surface area contributed by atoms with Gasteiger partial charge in [-0.15, -0.1) is 0 Å². The number of fused-ring (bicyclic) bond motifs is 1. The van der Waals surface area contributed by atoms with Crippen molar-refractivity contribution >= 4 is 22.2 Å². The summed E-state index contributed by atoms with van der Waals surface area (Å²) in [4.78, 5) is 4.20. The van der Waals surface area contributed by atoms with Crippen LogP contribution in [0.3, 0.4) is 0 Å². The molecule has 0 N–H and O–H groups in total. The maximum atomic E-state index is 4.20. The minimum Gasteiger partial charge on any atom is -0.315 e. The van der Waals surface area contributed by atoms with Crippen molar-refractivity contribution in [2.75, 3.05) is 0 Å².